The first-order valence-corrected chi connectivity index (χ1v) is 12.1. The van der Waals surface area contributed by atoms with E-state index in [0.717, 1.165) is 30.3 Å². The van der Waals surface area contributed by atoms with Crippen molar-refractivity contribution < 1.29 is 14.7 Å². The van der Waals surface area contributed by atoms with Crippen LogP contribution < -0.4 is 4.90 Å². The number of benzene rings is 2. The van der Waals surface area contributed by atoms with E-state index in [1.54, 1.807) is 0 Å². The van der Waals surface area contributed by atoms with Gasteiger partial charge in [0.25, 0.3) is 0 Å². The van der Waals surface area contributed by atoms with Crippen LogP contribution in [0.15, 0.2) is 54.6 Å². The average Bonchev–Trinajstić information content (AvgIpc) is 3.18. The van der Waals surface area contributed by atoms with Gasteiger partial charge in [0.1, 0.15) is 12.6 Å². The van der Waals surface area contributed by atoms with Crippen molar-refractivity contribution in [2.75, 3.05) is 11.9 Å². The van der Waals surface area contributed by atoms with Gasteiger partial charge < -0.3 is 15.1 Å². The van der Waals surface area contributed by atoms with E-state index in [-0.39, 0.29) is 35.6 Å². The Hall–Kier alpha value is -1.88. The minimum Gasteiger partial charge on any atom is -0.392 e. The molecule has 31 heavy (non-hydrogen) atoms. The highest BCUT2D eigenvalue weighted by Crippen LogP contribution is 2.71. The molecular formula is C27H33N2O2+. The molecule has 5 heterocycles. The molecule has 2 aromatic rings. The fourth-order valence-corrected chi connectivity index (χ4v) is 9.60. The van der Waals surface area contributed by atoms with E-state index in [9.17, 15) is 10.2 Å². The number of nitrogens with zero attached hydrogens (tertiary/aromatic N) is 2. The molecule has 4 nitrogen and oxygen atoms in total. The number of aliphatic hydroxyl groups excluding tert-OH is 2. The summed E-state index contributed by atoms with van der Waals surface area (Å²) in [5.74, 6) is 1.01. The number of hydrogen-bond donors (Lipinski definition) is 2. The summed E-state index contributed by atoms with van der Waals surface area (Å²) < 4.78 is 0.769. The average molecular weight is 418 g/mol. The lowest BCUT2D eigenvalue weighted by Crippen LogP contribution is -2.82. The van der Waals surface area contributed by atoms with Crippen LogP contribution >= 0.6 is 0 Å². The number of hydrogen-bond acceptors (Lipinski definition) is 3. The largest absolute Gasteiger partial charge is 0.392 e. The van der Waals surface area contributed by atoms with E-state index in [1.807, 2.05) is 0 Å². The highest BCUT2D eigenvalue weighted by atomic mass is 16.3. The number of piperidine rings is 4. The van der Waals surface area contributed by atoms with Gasteiger partial charge >= 0.3 is 0 Å². The number of quaternary nitrogens is 1. The van der Waals surface area contributed by atoms with E-state index in [1.165, 1.54) is 16.8 Å². The zero-order valence-corrected chi connectivity index (χ0v) is 18.4. The maximum atomic E-state index is 12.1. The van der Waals surface area contributed by atoms with Gasteiger partial charge in [-0.2, -0.15) is 0 Å². The first-order chi connectivity index (χ1) is 15.1. The first-order valence-electron chi connectivity index (χ1n) is 12.1. The van der Waals surface area contributed by atoms with Gasteiger partial charge in [0.05, 0.1) is 23.6 Å². The molecule has 4 saturated heterocycles. The van der Waals surface area contributed by atoms with Gasteiger partial charge in [0.2, 0.25) is 0 Å². The predicted molar refractivity (Wildman–Crippen MR) is 120 cm³/mol. The number of likely N-dealkylation sites (N-methyl/N-ethyl adjacent to an activating group) is 1. The zero-order valence-electron chi connectivity index (χ0n) is 18.4. The molecule has 1 saturated carbocycles. The molecule has 0 aromatic heterocycles. The summed E-state index contributed by atoms with van der Waals surface area (Å²) in [5, 5.41) is 24.1. The highest BCUT2D eigenvalue weighted by Gasteiger charge is 2.82. The van der Waals surface area contributed by atoms with E-state index in [0.29, 0.717) is 18.0 Å². The number of aliphatic hydroxyl groups is 2. The lowest BCUT2D eigenvalue weighted by Gasteiger charge is -2.68. The van der Waals surface area contributed by atoms with Crippen LogP contribution in [0.2, 0.25) is 0 Å². The normalized spacial score (nSPS) is 48.2. The monoisotopic (exact) mass is 417 g/mol. The Kier molecular flexibility index (Phi) is 3.56. The Morgan fingerprint density at radius 2 is 1.77 bits per heavy atom. The van der Waals surface area contributed by atoms with Crippen LogP contribution in [0.5, 0.6) is 0 Å². The van der Waals surface area contributed by atoms with Crippen molar-refractivity contribution >= 4 is 5.69 Å². The van der Waals surface area contributed by atoms with Gasteiger partial charge in [0.15, 0.2) is 6.23 Å². The summed E-state index contributed by atoms with van der Waals surface area (Å²) in [4.78, 5) is 2.47. The van der Waals surface area contributed by atoms with Gasteiger partial charge in [-0.05, 0) is 24.0 Å². The Morgan fingerprint density at radius 3 is 2.55 bits per heavy atom. The third kappa shape index (κ3) is 1.88. The molecule has 5 fully saturated rings. The Bertz CT molecular complexity index is 1040. The van der Waals surface area contributed by atoms with Crippen LogP contribution in [0.3, 0.4) is 0 Å². The minimum absolute atomic E-state index is 0.180. The SMILES string of the molecule is CC[C@@H]1[C@H]2C[C@H]3[C@@H]4N(C)c5ccccc5[C@@]45C[C@@H]([C@@H]2[C@@H]5O)[N@@+]3(Cc2ccccc2)[C@H]1O. The Morgan fingerprint density at radius 1 is 1.03 bits per heavy atom. The maximum Gasteiger partial charge on any atom is 0.194 e. The van der Waals surface area contributed by atoms with Crippen molar-refractivity contribution in [3.05, 3.63) is 65.7 Å². The maximum absolute atomic E-state index is 12.1. The first kappa shape index (κ1) is 18.7. The number of rotatable bonds is 3. The van der Waals surface area contributed by atoms with Crippen molar-refractivity contribution in [2.24, 2.45) is 17.8 Å². The molecule has 10 atom stereocenters. The number of para-hydroxylation sites is 1. The molecule has 8 rings (SSSR count). The number of anilines is 1. The smallest absolute Gasteiger partial charge is 0.194 e. The van der Waals surface area contributed by atoms with Crippen molar-refractivity contribution in [1.82, 2.24) is 0 Å². The summed E-state index contributed by atoms with van der Waals surface area (Å²) >= 11 is 0. The zero-order chi connectivity index (χ0) is 21.1. The molecular weight excluding hydrogens is 384 g/mol. The second-order valence-electron chi connectivity index (χ2n) is 11.0. The fraction of sp³-hybridized carbons (Fsp3) is 0.556. The van der Waals surface area contributed by atoms with Gasteiger partial charge in [-0.3, -0.25) is 4.48 Å². The molecule has 0 radical (unpaired) electrons. The van der Waals surface area contributed by atoms with Gasteiger partial charge in [-0.25, -0.2) is 0 Å². The molecule has 5 bridgehead atoms. The molecule has 6 aliphatic rings. The van der Waals surface area contributed by atoms with Crippen LogP contribution in [0.25, 0.3) is 0 Å². The molecule has 2 aromatic carbocycles. The van der Waals surface area contributed by atoms with Crippen molar-refractivity contribution in [3.8, 4) is 0 Å². The van der Waals surface area contributed by atoms with Gasteiger partial charge in [0, 0.05) is 43.0 Å². The molecule has 0 unspecified atom stereocenters. The quantitative estimate of drug-likeness (QED) is 0.754. The van der Waals surface area contributed by atoms with E-state index < -0.39 is 0 Å². The van der Waals surface area contributed by atoms with Crippen LogP contribution in [0, 0.1) is 17.8 Å². The predicted octanol–water partition coefficient (Wildman–Crippen LogP) is 3.27. The third-order valence-corrected chi connectivity index (χ3v) is 10.4. The standard InChI is InChI=1S/C27H33N2O2/c1-3-17-18-13-21-24-27(19-11-7-8-12-20(19)28(24)2)14-22(23(18)25(27)30)29(21,26(17)31)15-16-9-5-4-6-10-16/h4-12,17-18,21-26,30-31H,3,13-15H2,1-2H3/q+1/t17-,18-,21+,22+,23-,24+,25+,26+,27+,29+/m1/s1. The van der Waals surface area contributed by atoms with E-state index in [2.05, 4.69) is 73.5 Å². The second-order valence-corrected chi connectivity index (χ2v) is 11.0. The highest BCUT2D eigenvalue weighted by molar-refractivity contribution is 5.66. The van der Waals surface area contributed by atoms with Crippen LogP contribution in [0.4, 0.5) is 5.69 Å². The summed E-state index contributed by atoms with van der Waals surface area (Å²) in [6, 6.07) is 20.5. The summed E-state index contributed by atoms with van der Waals surface area (Å²) in [6.07, 6.45) is 2.47. The fourth-order valence-electron chi connectivity index (χ4n) is 9.60. The van der Waals surface area contributed by atoms with Crippen LogP contribution in [-0.2, 0) is 12.0 Å². The molecule has 2 N–H and O–H groups in total. The van der Waals surface area contributed by atoms with Gasteiger partial charge in [-0.15, -0.1) is 0 Å². The van der Waals surface area contributed by atoms with Crippen LogP contribution in [-0.4, -0.2) is 52.2 Å². The minimum atomic E-state index is -0.337. The van der Waals surface area contributed by atoms with E-state index >= 15 is 0 Å². The van der Waals surface area contributed by atoms with E-state index in [4.69, 9.17) is 0 Å². The third-order valence-electron chi connectivity index (χ3n) is 10.4. The summed E-state index contributed by atoms with van der Waals surface area (Å²) in [7, 11) is 2.23. The van der Waals surface area contributed by atoms with Crippen molar-refractivity contribution in [3.63, 3.8) is 0 Å². The molecule has 1 aliphatic carbocycles. The Balaban J connectivity index is 1.47. The molecule has 5 aliphatic heterocycles. The summed E-state index contributed by atoms with van der Waals surface area (Å²) in [6.45, 7) is 3.11. The molecule has 0 amide bonds. The van der Waals surface area contributed by atoms with Crippen molar-refractivity contribution in [1.29, 1.82) is 0 Å². The second kappa shape index (κ2) is 5.92. The van der Waals surface area contributed by atoms with Gasteiger partial charge in [-0.1, -0.05) is 55.5 Å². The number of fused-ring (bicyclic) bond motifs is 2. The van der Waals surface area contributed by atoms with Crippen molar-refractivity contribution in [2.45, 2.75) is 68.6 Å². The van der Waals surface area contributed by atoms with Crippen LogP contribution in [0.1, 0.15) is 37.3 Å². The lowest BCUT2D eigenvalue weighted by molar-refractivity contribution is -1.05. The topological polar surface area (TPSA) is 43.7 Å². The molecule has 162 valence electrons. The molecule has 1 spiro atoms. The summed E-state index contributed by atoms with van der Waals surface area (Å²) in [5.41, 5.74) is 3.78. The molecule has 4 heteroatoms. The lowest BCUT2D eigenvalue weighted by atomic mass is 9.60. The Labute approximate surface area is 184 Å².